The number of hydrogen-bond donors (Lipinski definition) is 0. The lowest BCUT2D eigenvalue weighted by Crippen LogP contribution is -2.37. The van der Waals surface area contributed by atoms with Gasteiger partial charge in [0.2, 0.25) is 5.91 Å². The van der Waals surface area contributed by atoms with E-state index in [0.717, 1.165) is 4.90 Å². The minimum absolute atomic E-state index is 0.375. The summed E-state index contributed by atoms with van der Waals surface area (Å²) in [5.74, 6) is -1.98. The van der Waals surface area contributed by atoms with Gasteiger partial charge in [0.1, 0.15) is 11.7 Å². The summed E-state index contributed by atoms with van der Waals surface area (Å²) in [4.78, 5) is 33.7. The largest absolute Gasteiger partial charge is 0.273 e. The third-order valence-corrected chi connectivity index (χ3v) is 5.64. The van der Waals surface area contributed by atoms with E-state index < -0.39 is 24.0 Å². The molecule has 0 N–H and O–H groups in total. The molecule has 0 saturated carbocycles. The highest BCUT2D eigenvalue weighted by Crippen LogP contribution is 2.47. The lowest BCUT2D eigenvalue weighted by atomic mass is 9.90. The highest BCUT2D eigenvalue weighted by Gasteiger charge is 2.60. The first-order valence-electron chi connectivity index (χ1n) is 9.44. The van der Waals surface area contributed by atoms with E-state index in [2.05, 4.69) is 0 Å². The number of nitrogens with zero attached hydrogens (tertiary/aromatic N) is 2. The highest BCUT2D eigenvalue weighted by atomic mass is 35.5. The Kier molecular flexibility index (Phi) is 4.53. The van der Waals surface area contributed by atoms with Crippen LogP contribution in [0, 0.1) is 11.7 Å². The molecule has 2 heterocycles. The van der Waals surface area contributed by atoms with Crippen LogP contribution in [0.15, 0.2) is 78.9 Å². The molecule has 0 radical (unpaired) electrons. The molecule has 0 spiro atoms. The molecule has 3 aromatic carbocycles. The van der Waals surface area contributed by atoms with E-state index in [0.29, 0.717) is 22.0 Å². The molecule has 0 aromatic heterocycles. The van der Waals surface area contributed by atoms with Crippen LogP contribution in [0.25, 0.3) is 0 Å². The molecule has 2 fully saturated rings. The van der Waals surface area contributed by atoms with Crippen LogP contribution < -0.4 is 9.96 Å². The van der Waals surface area contributed by atoms with Crippen LogP contribution in [0.1, 0.15) is 11.6 Å². The van der Waals surface area contributed by atoms with Crippen LogP contribution in [0.4, 0.5) is 15.8 Å². The average Bonchev–Trinajstić information content (AvgIpc) is 3.26. The van der Waals surface area contributed by atoms with Gasteiger partial charge in [0.15, 0.2) is 6.10 Å². The van der Waals surface area contributed by atoms with Gasteiger partial charge in [0, 0.05) is 5.02 Å². The molecular formula is C23H16ClFN2O3. The maximum Gasteiger partial charge on any atom is 0.266 e. The quantitative estimate of drug-likeness (QED) is 0.582. The summed E-state index contributed by atoms with van der Waals surface area (Å²) in [5, 5.41) is 2.00. The number of hydroxylamine groups is 1. The highest BCUT2D eigenvalue weighted by molar-refractivity contribution is 6.31. The summed E-state index contributed by atoms with van der Waals surface area (Å²) < 4.78 is 13.5. The number of hydrogen-bond acceptors (Lipinski definition) is 4. The predicted molar refractivity (Wildman–Crippen MR) is 110 cm³/mol. The first-order chi connectivity index (χ1) is 14.5. The SMILES string of the molecule is O=C1[C@H]2[C@@H](ON(c3ccccc3)[C@H]2c2ccc(F)cc2)C(=O)N1c1cccc(Cl)c1. The van der Waals surface area contributed by atoms with Gasteiger partial charge in [-0.2, -0.15) is 0 Å². The topological polar surface area (TPSA) is 49.9 Å². The van der Waals surface area contributed by atoms with Crippen molar-refractivity contribution < 1.29 is 18.8 Å². The summed E-state index contributed by atoms with van der Waals surface area (Å²) in [6.45, 7) is 0. The standard InChI is InChI=1S/C23H16ClFN2O3/c24-15-5-4-8-18(13-15)26-22(28)19-20(14-9-11-16(25)12-10-14)27(30-21(19)23(26)29)17-6-2-1-3-7-17/h1-13,19-21H/t19-,20+,21-/m1/s1. The maximum atomic E-state index is 13.5. The molecule has 3 aromatic rings. The number of rotatable bonds is 3. The van der Waals surface area contributed by atoms with Crippen LogP contribution in [0.2, 0.25) is 5.02 Å². The van der Waals surface area contributed by atoms with Gasteiger partial charge >= 0.3 is 0 Å². The predicted octanol–water partition coefficient (Wildman–Crippen LogP) is 4.53. The fourth-order valence-corrected chi connectivity index (χ4v) is 4.27. The van der Waals surface area contributed by atoms with E-state index in [1.165, 1.54) is 12.1 Å². The van der Waals surface area contributed by atoms with E-state index in [9.17, 15) is 14.0 Å². The summed E-state index contributed by atoms with van der Waals surface area (Å²) >= 11 is 6.06. The van der Waals surface area contributed by atoms with E-state index in [4.69, 9.17) is 16.4 Å². The smallest absolute Gasteiger partial charge is 0.266 e. The number of halogens is 2. The Morgan fingerprint density at radius 1 is 0.833 bits per heavy atom. The number of para-hydroxylation sites is 1. The molecule has 30 heavy (non-hydrogen) atoms. The van der Waals surface area contributed by atoms with E-state index >= 15 is 0 Å². The minimum Gasteiger partial charge on any atom is -0.273 e. The van der Waals surface area contributed by atoms with Crippen molar-refractivity contribution in [3.8, 4) is 0 Å². The van der Waals surface area contributed by atoms with Crippen molar-refractivity contribution in [2.75, 3.05) is 9.96 Å². The van der Waals surface area contributed by atoms with Crippen molar-refractivity contribution in [3.05, 3.63) is 95.3 Å². The van der Waals surface area contributed by atoms with Gasteiger partial charge in [0.05, 0.1) is 17.4 Å². The number of carbonyl (C=O) groups excluding carboxylic acids is 2. The number of amides is 2. The molecular weight excluding hydrogens is 407 g/mol. The van der Waals surface area contributed by atoms with E-state index in [1.54, 1.807) is 41.5 Å². The Morgan fingerprint density at radius 2 is 1.53 bits per heavy atom. The molecule has 2 aliphatic rings. The second kappa shape index (κ2) is 7.23. The molecule has 0 unspecified atom stereocenters. The van der Waals surface area contributed by atoms with Crippen LogP contribution in [-0.4, -0.2) is 17.9 Å². The van der Waals surface area contributed by atoms with Gasteiger partial charge in [-0.05, 0) is 48.0 Å². The van der Waals surface area contributed by atoms with E-state index in [1.807, 2.05) is 30.3 Å². The van der Waals surface area contributed by atoms with Crippen molar-refractivity contribution in [1.29, 1.82) is 0 Å². The van der Waals surface area contributed by atoms with Gasteiger partial charge in [-0.3, -0.25) is 14.4 Å². The van der Waals surface area contributed by atoms with Crippen molar-refractivity contribution in [2.24, 2.45) is 5.92 Å². The minimum atomic E-state index is -0.980. The first-order valence-corrected chi connectivity index (χ1v) is 9.82. The van der Waals surface area contributed by atoms with Gasteiger partial charge in [0.25, 0.3) is 5.91 Å². The molecule has 2 aliphatic heterocycles. The van der Waals surface area contributed by atoms with Crippen molar-refractivity contribution in [3.63, 3.8) is 0 Å². The summed E-state index contributed by atoms with van der Waals surface area (Å²) in [5.41, 5.74) is 1.79. The van der Waals surface area contributed by atoms with Crippen molar-refractivity contribution in [1.82, 2.24) is 0 Å². The van der Waals surface area contributed by atoms with Crippen molar-refractivity contribution >= 4 is 34.8 Å². The first kappa shape index (κ1) is 18.8. The number of fused-ring (bicyclic) bond motifs is 1. The lowest BCUT2D eigenvalue weighted by molar-refractivity contribution is -0.126. The van der Waals surface area contributed by atoms with Crippen LogP contribution >= 0.6 is 11.6 Å². The molecule has 2 amide bonds. The molecule has 5 nitrogen and oxygen atoms in total. The van der Waals surface area contributed by atoms with Crippen LogP contribution in [-0.2, 0) is 14.4 Å². The molecule has 3 atom stereocenters. The zero-order valence-electron chi connectivity index (χ0n) is 15.6. The van der Waals surface area contributed by atoms with Gasteiger partial charge in [-0.25, -0.2) is 14.4 Å². The molecule has 5 rings (SSSR count). The fraction of sp³-hybridized carbons (Fsp3) is 0.130. The monoisotopic (exact) mass is 422 g/mol. The van der Waals surface area contributed by atoms with Crippen LogP contribution in [0.3, 0.4) is 0 Å². The summed E-state index contributed by atoms with van der Waals surface area (Å²) in [6.07, 6.45) is -0.980. The van der Waals surface area contributed by atoms with Crippen LogP contribution in [0.5, 0.6) is 0 Å². The Hall–Kier alpha value is -3.22. The maximum absolute atomic E-state index is 13.5. The zero-order chi connectivity index (χ0) is 20.8. The second-order valence-corrected chi connectivity index (χ2v) is 7.64. The normalized spacial score (nSPS) is 23.2. The van der Waals surface area contributed by atoms with Gasteiger partial charge in [-0.1, -0.05) is 48.0 Å². The Balaban J connectivity index is 1.59. The second-order valence-electron chi connectivity index (χ2n) is 7.20. The third-order valence-electron chi connectivity index (χ3n) is 5.40. The molecule has 2 saturated heterocycles. The number of benzene rings is 3. The zero-order valence-corrected chi connectivity index (χ0v) is 16.4. The van der Waals surface area contributed by atoms with Gasteiger partial charge in [-0.15, -0.1) is 0 Å². The average molecular weight is 423 g/mol. The van der Waals surface area contributed by atoms with E-state index in [-0.39, 0.29) is 11.7 Å². The third kappa shape index (κ3) is 2.96. The number of anilines is 2. The number of imide groups is 1. The summed E-state index contributed by atoms with van der Waals surface area (Å²) in [6, 6.07) is 21.1. The Bertz CT molecular complexity index is 1120. The molecule has 150 valence electrons. The Labute approximate surface area is 177 Å². The number of carbonyl (C=O) groups is 2. The lowest BCUT2D eigenvalue weighted by Gasteiger charge is -2.28. The summed E-state index contributed by atoms with van der Waals surface area (Å²) in [7, 11) is 0. The molecule has 7 heteroatoms. The Morgan fingerprint density at radius 3 is 2.23 bits per heavy atom. The molecule has 0 bridgehead atoms. The fourth-order valence-electron chi connectivity index (χ4n) is 4.08. The van der Waals surface area contributed by atoms with Crippen molar-refractivity contribution in [2.45, 2.75) is 12.1 Å². The van der Waals surface area contributed by atoms with Gasteiger partial charge < -0.3 is 0 Å². The molecule has 0 aliphatic carbocycles.